The van der Waals surface area contributed by atoms with Crippen molar-refractivity contribution in [2.24, 2.45) is 5.92 Å². The normalized spacial score (nSPS) is 16.9. The maximum atomic E-state index is 11.0. The van der Waals surface area contributed by atoms with Crippen LogP contribution in [-0.2, 0) is 9.74 Å². The summed E-state index contributed by atoms with van der Waals surface area (Å²) in [4.78, 5) is 14.1. The Morgan fingerprint density at radius 3 is 2.90 bits per heavy atom. The van der Waals surface area contributed by atoms with Crippen molar-refractivity contribution < 1.29 is 14.3 Å². The fraction of sp³-hybridized carbons (Fsp3) is 0.833. The molecule has 0 aromatic carbocycles. The highest BCUT2D eigenvalue weighted by Gasteiger charge is 2.28. The largest absolute Gasteiger partial charge is 0.353 e. The number of rotatable bonds is 4. The predicted molar refractivity (Wildman–Crippen MR) is 32.8 cm³/mol. The van der Waals surface area contributed by atoms with Crippen LogP contribution in [0.25, 0.3) is 0 Å². The Kier molecular flexibility index (Phi) is 2.62. The monoisotopic (exact) mass is 147 g/mol. The SMILES string of the molecule is O=C(NCCOF)C1CC1. The fourth-order valence-corrected chi connectivity index (χ4v) is 0.703. The van der Waals surface area contributed by atoms with E-state index >= 15 is 0 Å². The second kappa shape index (κ2) is 3.51. The molecule has 1 rings (SSSR count). The summed E-state index contributed by atoms with van der Waals surface area (Å²) in [5.41, 5.74) is 0. The van der Waals surface area contributed by atoms with Crippen LogP contribution in [0.2, 0.25) is 0 Å². The average molecular weight is 147 g/mol. The molecule has 1 N–H and O–H groups in total. The number of carbonyl (C=O) groups is 1. The Balaban J connectivity index is 1.95. The Bertz CT molecular complexity index is 125. The molecule has 1 fully saturated rings. The molecule has 1 amide bonds. The van der Waals surface area contributed by atoms with Gasteiger partial charge in [0, 0.05) is 12.5 Å². The van der Waals surface area contributed by atoms with Crippen LogP contribution in [0.3, 0.4) is 0 Å². The molecular formula is C6H10FNO2. The van der Waals surface area contributed by atoms with Gasteiger partial charge in [-0.25, -0.2) is 0 Å². The molecule has 1 aliphatic rings. The summed E-state index contributed by atoms with van der Waals surface area (Å²) in [6.45, 7) is 0.213. The smallest absolute Gasteiger partial charge is 0.223 e. The van der Waals surface area contributed by atoms with E-state index in [2.05, 4.69) is 10.3 Å². The first-order valence-electron chi connectivity index (χ1n) is 3.36. The third-order valence-corrected chi connectivity index (χ3v) is 1.43. The molecule has 0 heterocycles. The molecule has 4 heteroatoms. The lowest BCUT2D eigenvalue weighted by Crippen LogP contribution is -2.27. The summed E-state index contributed by atoms with van der Waals surface area (Å²) in [5.74, 6) is 0.219. The first-order valence-corrected chi connectivity index (χ1v) is 3.36. The number of amides is 1. The molecule has 0 aliphatic heterocycles. The van der Waals surface area contributed by atoms with Crippen LogP contribution in [0.4, 0.5) is 4.53 Å². The molecule has 0 radical (unpaired) electrons. The van der Waals surface area contributed by atoms with E-state index in [1.807, 2.05) is 0 Å². The van der Waals surface area contributed by atoms with Crippen molar-refractivity contribution in [3.05, 3.63) is 0 Å². The first kappa shape index (κ1) is 7.47. The molecule has 0 bridgehead atoms. The van der Waals surface area contributed by atoms with E-state index < -0.39 is 0 Å². The van der Waals surface area contributed by atoms with E-state index in [9.17, 15) is 9.32 Å². The Morgan fingerprint density at radius 2 is 2.40 bits per heavy atom. The van der Waals surface area contributed by atoms with E-state index in [0.717, 1.165) is 12.8 Å². The maximum absolute atomic E-state index is 11.0. The van der Waals surface area contributed by atoms with Crippen molar-refractivity contribution in [2.75, 3.05) is 13.2 Å². The van der Waals surface area contributed by atoms with Crippen LogP contribution >= 0.6 is 0 Å². The van der Waals surface area contributed by atoms with Crippen LogP contribution in [0.1, 0.15) is 12.8 Å². The number of halogens is 1. The quantitative estimate of drug-likeness (QED) is 0.585. The summed E-state index contributed by atoms with van der Waals surface area (Å²) < 4.78 is 11.0. The van der Waals surface area contributed by atoms with Gasteiger partial charge < -0.3 is 5.32 Å². The molecular weight excluding hydrogens is 137 g/mol. The van der Waals surface area contributed by atoms with Gasteiger partial charge in [0.1, 0.15) is 6.61 Å². The lowest BCUT2D eigenvalue weighted by molar-refractivity contribution is -0.134. The fourth-order valence-electron chi connectivity index (χ4n) is 0.703. The standard InChI is InChI=1S/C6H10FNO2/c7-10-4-3-8-6(9)5-1-2-5/h5H,1-4H2,(H,8,9). The third kappa shape index (κ3) is 2.31. The minimum atomic E-state index is -0.0571. The molecule has 1 aliphatic carbocycles. The van der Waals surface area contributed by atoms with E-state index in [1.165, 1.54) is 0 Å². The van der Waals surface area contributed by atoms with Crippen molar-refractivity contribution in [1.82, 2.24) is 5.32 Å². The minimum Gasteiger partial charge on any atom is -0.353 e. The summed E-state index contributed by atoms with van der Waals surface area (Å²) in [6, 6.07) is 0. The Morgan fingerprint density at radius 1 is 1.70 bits per heavy atom. The van der Waals surface area contributed by atoms with Crippen molar-refractivity contribution in [3.8, 4) is 0 Å². The van der Waals surface area contributed by atoms with Gasteiger partial charge in [-0.05, 0) is 17.4 Å². The molecule has 0 unspecified atom stereocenters. The second-order valence-electron chi connectivity index (χ2n) is 2.38. The maximum Gasteiger partial charge on any atom is 0.223 e. The Hall–Kier alpha value is -0.640. The topological polar surface area (TPSA) is 38.3 Å². The lowest BCUT2D eigenvalue weighted by atomic mass is 10.4. The van der Waals surface area contributed by atoms with Gasteiger partial charge in [0.15, 0.2) is 0 Å². The van der Waals surface area contributed by atoms with Crippen LogP contribution in [0.15, 0.2) is 0 Å². The molecule has 0 atom stereocenters. The molecule has 10 heavy (non-hydrogen) atoms. The first-order chi connectivity index (χ1) is 4.84. The number of nitrogens with one attached hydrogen (secondary N) is 1. The summed E-state index contributed by atoms with van der Waals surface area (Å²) in [5, 5.41) is 2.54. The highest BCUT2D eigenvalue weighted by molar-refractivity contribution is 5.80. The minimum absolute atomic E-state index is 0.0250. The summed E-state index contributed by atoms with van der Waals surface area (Å²) >= 11 is 0. The second-order valence-corrected chi connectivity index (χ2v) is 2.38. The van der Waals surface area contributed by atoms with Gasteiger partial charge in [0.25, 0.3) is 0 Å². The van der Waals surface area contributed by atoms with E-state index in [-0.39, 0.29) is 25.0 Å². The average Bonchev–Trinajstić information content (AvgIpc) is 2.69. The van der Waals surface area contributed by atoms with Crippen molar-refractivity contribution >= 4 is 5.91 Å². The Labute approximate surface area is 58.4 Å². The van der Waals surface area contributed by atoms with Gasteiger partial charge >= 0.3 is 0 Å². The summed E-state index contributed by atoms with van der Waals surface area (Å²) in [6.07, 6.45) is 1.95. The molecule has 0 saturated heterocycles. The van der Waals surface area contributed by atoms with Gasteiger partial charge in [-0.3, -0.25) is 4.79 Å². The van der Waals surface area contributed by atoms with E-state index in [1.54, 1.807) is 0 Å². The molecule has 0 spiro atoms. The van der Waals surface area contributed by atoms with Crippen LogP contribution in [0.5, 0.6) is 0 Å². The van der Waals surface area contributed by atoms with Gasteiger partial charge in [0.05, 0.1) is 0 Å². The molecule has 0 aromatic heterocycles. The van der Waals surface area contributed by atoms with Gasteiger partial charge in [0.2, 0.25) is 5.91 Å². The number of hydrogen-bond donors (Lipinski definition) is 1. The highest BCUT2D eigenvalue weighted by atomic mass is 19.3. The lowest BCUT2D eigenvalue weighted by Gasteiger charge is -1.99. The van der Waals surface area contributed by atoms with Crippen LogP contribution in [-0.4, -0.2) is 19.1 Å². The van der Waals surface area contributed by atoms with Crippen LogP contribution < -0.4 is 5.32 Å². The van der Waals surface area contributed by atoms with E-state index in [0.29, 0.717) is 0 Å². The van der Waals surface area contributed by atoms with Gasteiger partial charge in [-0.1, -0.05) is 0 Å². The summed E-state index contributed by atoms with van der Waals surface area (Å²) in [7, 11) is 0. The van der Waals surface area contributed by atoms with E-state index in [4.69, 9.17) is 0 Å². The third-order valence-electron chi connectivity index (χ3n) is 1.43. The van der Waals surface area contributed by atoms with Crippen LogP contribution in [0, 0.1) is 5.92 Å². The predicted octanol–water partition coefficient (Wildman–Crippen LogP) is 0.414. The van der Waals surface area contributed by atoms with Gasteiger partial charge in [-0.2, -0.15) is 4.94 Å². The zero-order valence-electron chi connectivity index (χ0n) is 5.60. The number of hydrogen-bond acceptors (Lipinski definition) is 2. The zero-order chi connectivity index (χ0) is 7.40. The molecule has 58 valence electrons. The molecule has 1 saturated carbocycles. The zero-order valence-corrected chi connectivity index (χ0v) is 5.60. The van der Waals surface area contributed by atoms with Crippen molar-refractivity contribution in [2.45, 2.75) is 12.8 Å². The van der Waals surface area contributed by atoms with Gasteiger partial charge in [-0.15, -0.1) is 0 Å². The highest BCUT2D eigenvalue weighted by Crippen LogP contribution is 2.28. The number of carbonyl (C=O) groups excluding carboxylic acids is 1. The van der Waals surface area contributed by atoms with Crippen molar-refractivity contribution in [3.63, 3.8) is 0 Å². The molecule has 3 nitrogen and oxygen atoms in total. The molecule has 0 aromatic rings. The van der Waals surface area contributed by atoms with Crippen molar-refractivity contribution in [1.29, 1.82) is 0 Å².